The monoisotopic (exact) mass is 422 g/mol. The average molecular weight is 423 g/mol. The number of sulfone groups is 1. The van der Waals surface area contributed by atoms with Crippen molar-refractivity contribution >= 4 is 21.5 Å². The maximum atomic E-state index is 13.6. The first kappa shape index (κ1) is 21.0. The Morgan fingerprint density at radius 2 is 1.62 bits per heavy atom. The van der Waals surface area contributed by atoms with Gasteiger partial charge in [0.25, 0.3) is 0 Å². The predicted octanol–water partition coefficient (Wildman–Crippen LogP) is 2.15. The lowest BCUT2D eigenvalue weighted by molar-refractivity contribution is 0.380. The maximum absolute atomic E-state index is 13.6. The number of hydrogen-bond acceptors (Lipinski definition) is 4. The first-order valence-corrected chi connectivity index (χ1v) is 11.3. The fraction of sp³-hybridized carbons (Fsp3) is 0.350. The van der Waals surface area contributed by atoms with Gasteiger partial charge >= 0.3 is 0 Å². The standard InChI is InChI=1S/C20H24F2N4O2S/c1-29(27,28)14-15-2-3-18(22)12-16(15)13-24-20(23)26-10-8-25(9-11-26)19-6-4-17(21)5-7-19/h2-7,12H,8-11,13-14H2,1H3,(H2,23,24). The smallest absolute Gasteiger partial charge is 0.191 e. The van der Waals surface area contributed by atoms with E-state index in [0.29, 0.717) is 43.3 Å². The molecule has 2 aromatic rings. The second kappa shape index (κ2) is 8.77. The number of rotatable bonds is 5. The molecule has 29 heavy (non-hydrogen) atoms. The van der Waals surface area contributed by atoms with Crippen LogP contribution >= 0.6 is 0 Å². The Morgan fingerprint density at radius 1 is 1.00 bits per heavy atom. The minimum Gasteiger partial charge on any atom is -0.370 e. The Balaban J connectivity index is 1.64. The molecular formula is C20H24F2N4O2S. The molecule has 0 bridgehead atoms. The van der Waals surface area contributed by atoms with Crippen molar-refractivity contribution in [2.24, 2.45) is 10.7 Å². The molecule has 1 saturated heterocycles. The summed E-state index contributed by atoms with van der Waals surface area (Å²) in [5.41, 5.74) is 8.09. The molecule has 0 amide bonds. The maximum Gasteiger partial charge on any atom is 0.191 e. The molecule has 156 valence electrons. The van der Waals surface area contributed by atoms with E-state index < -0.39 is 15.7 Å². The molecule has 0 radical (unpaired) electrons. The molecule has 0 aliphatic carbocycles. The topological polar surface area (TPSA) is 79.0 Å². The summed E-state index contributed by atoms with van der Waals surface area (Å²) in [6.45, 7) is 2.81. The van der Waals surface area contributed by atoms with Crippen LogP contribution in [0.25, 0.3) is 0 Å². The van der Waals surface area contributed by atoms with E-state index in [2.05, 4.69) is 9.89 Å². The van der Waals surface area contributed by atoms with Gasteiger partial charge in [0.05, 0.1) is 12.3 Å². The Bertz CT molecular complexity index is 986. The third-order valence-electron chi connectivity index (χ3n) is 4.79. The molecule has 6 nitrogen and oxygen atoms in total. The average Bonchev–Trinajstić information content (AvgIpc) is 2.67. The van der Waals surface area contributed by atoms with E-state index in [9.17, 15) is 17.2 Å². The highest BCUT2D eigenvalue weighted by Gasteiger charge is 2.19. The predicted molar refractivity (Wildman–Crippen MR) is 110 cm³/mol. The van der Waals surface area contributed by atoms with Crippen LogP contribution < -0.4 is 10.6 Å². The summed E-state index contributed by atoms with van der Waals surface area (Å²) in [5, 5.41) is 0. The van der Waals surface area contributed by atoms with Crippen molar-refractivity contribution in [3.8, 4) is 0 Å². The summed E-state index contributed by atoms with van der Waals surface area (Å²) in [7, 11) is -3.25. The van der Waals surface area contributed by atoms with Gasteiger partial charge in [0, 0.05) is 38.1 Å². The fourth-order valence-corrected chi connectivity index (χ4v) is 4.12. The van der Waals surface area contributed by atoms with E-state index in [1.165, 1.54) is 30.3 Å². The fourth-order valence-electron chi connectivity index (χ4n) is 3.28. The number of anilines is 1. The van der Waals surface area contributed by atoms with Gasteiger partial charge in [-0.2, -0.15) is 0 Å². The highest BCUT2D eigenvalue weighted by molar-refractivity contribution is 7.89. The molecule has 1 aliphatic heterocycles. The summed E-state index contributed by atoms with van der Waals surface area (Å²) >= 11 is 0. The van der Waals surface area contributed by atoms with Gasteiger partial charge in [-0.3, -0.25) is 0 Å². The van der Waals surface area contributed by atoms with Gasteiger partial charge in [0.15, 0.2) is 15.8 Å². The molecule has 0 saturated carbocycles. The zero-order valence-corrected chi connectivity index (χ0v) is 17.0. The third kappa shape index (κ3) is 5.90. The second-order valence-electron chi connectivity index (χ2n) is 7.11. The SMILES string of the molecule is CS(=O)(=O)Cc1ccc(F)cc1CN=C(N)N1CCN(c2ccc(F)cc2)CC1. The summed E-state index contributed by atoms with van der Waals surface area (Å²) in [6, 6.07) is 10.4. The minimum atomic E-state index is -3.25. The van der Waals surface area contributed by atoms with Crippen molar-refractivity contribution in [2.75, 3.05) is 37.3 Å². The first-order valence-electron chi connectivity index (χ1n) is 9.22. The summed E-state index contributed by atoms with van der Waals surface area (Å²) in [4.78, 5) is 8.42. The van der Waals surface area contributed by atoms with Crippen molar-refractivity contribution in [1.29, 1.82) is 0 Å². The number of benzene rings is 2. The normalized spacial score (nSPS) is 15.6. The van der Waals surface area contributed by atoms with Crippen molar-refractivity contribution in [3.05, 3.63) is 65.2 Å². The molecule has 9 heteroatoms. The molecule has 1 fully saturated rings. The van der Waals surface area contributed by atoms with Crippen LogP contribution in [-0.2, 0) is 22.1 Å². The molecule has 0 spiro atoms. The van der Waals surface area contributed by atoms with Crippen molar-refractivity contribution in [2.45, 2.75) is 12.3 Å². The van der Waals surface area contributed by atoms with Crippen LogP contribution in [0.4, 0.5) is 14.5 Å². The Labute approximate surface area is 169 Å². The highest BCUT2D eigenvalue weighted by Crippen LogP contribution is 2.18. The van der Waals surface area contributed by atoms with Gasteiger partial charge in [-0.25, -0.2) is 22.2 Å². The van der Waals surface area contributed by atoms with Gasteiger partial charge in [-0.15, -0.1) is 0 Å². The second-order valence-corrected chi connectivity index (χ2v) is 9.25. The number of hydrogen-bond donors (Lipinski definition) is 1. The van der Waals surface area contributed by atoms with E-state index >= 15 is 0 Å². The van der Waals surface area contributed by atoms with Gasteiger partial charge in [0.2, 0.25) is 0 Å². The van der Waals surface area contributed by atoms with E-state index in [0.717, 1.165) is 11.9 Å². The van der Waals surface area contributed by atoms with Gasteiger partial charge < -0.3 is 15.5 Å². The third-order valence-corrected chi connectivity index (χ3v) is 5.63. The zero-order valence-electron chi connectivity index (χ0n) is 16.2. The van der Waals surface area contributed by atoms with Gasteiger partial charge in [0.1, 0.15) is 11.6 Å². The van der Waals surface area contributed by atoms with E-state index in [1.54, 1.807) is 12.1 Å². The quantitative estimate of drug-likeness (QED) is 0.590. The van der Waals surface area contributed by atoms with E-state index in [-0.39, 0.29) is 18.1 Å². The molecule has 1 aliphatic rings. The molecule has 0 unspecified atom stereocenters. The van der Waals surface area contributed by atoms with E-state index in [4.69, 9.17) is 5.73 Å². The van der Waals surface area contributed by atoms with Crippen LogP contribution in [0, 0.1) is 11.6 Å². The van der Waals surface area contributed by atoms with Crippen LogP contribution in [0.2, 0.25) is 0 Å². The van der Waals surface area contributed by atoms with Crippen LogP contribution in [0.3, 0.4) is 0 Å². The molecule has 2 aromatic carbocycles. The van der Waals surface area contributed by atoms with Crippen LogP contribution in [-0.4, -0.2) is 51.7 Å². The summed E-state index contributed by atoms with van der Waals surface area (Å²) in [6.07, 6.45) is 1.14. The summed E-state index contributed by atoms with van der Waals surface area (Å²) < 4.78 is 49.9. The minimum absolute atomic E-state index is 0.104. The summed E-state index contributed by atoms with van der Waals surface area (Å²) in [5.74, 6) is -0.553. The lowest BCUT2D eigenvalue weighted by Gasteiger charge is -2.36. The molecule has 2 N–H and O–H groups in total. The number of halogens is 2. The van der Waals surface area contributed by atoms with Crippen LogP contribution in [0.5, 0.6) is 0 Å². The molecular weight excluding hydrogens is 398 g/mol. The number of piperazine rings is 1. The van der Waals surface area contributed by atoms with Crippen molar-refractivity contribution in [3.63, 3.8) is 0 Å². The van der Waals surface area contributed by atoms with Gasteiger partial charge in [-0.1, -0.05) is 6.07 Å². The molecule has 0 atom stereocenters. The lowest BCUT2D eigenvalue weighted by atomic mass is 10.1. The lowest BCUT2D eigenvalue weighted by Crippen LogP contribution is -2.51. The molecule has 0 aromatic heterocycles. The number of nitrogens with two attached hydrogens (primary N) is 1. The Morgan fingerprint density at radius 3 is 2.24 bits per heavy atom. The Kier molecular flexibility index (Phi) is 6.36. The van der Waals surface area contributed by atoms with Crippen LogP contribution in [0.1, 0.15) is 11.1 Å². The van der Waals surface area contributed by atoms with E-state index in [1.807, 2.05) is 4.90 Å². The van der Waals surface area contributed by atoms with Crippen LogP contribution in [0.15, 0.2) is 47.5 Å². The van der Waals surface area contributed by atoms with Gasteiger partial charge in [-0.05, 0) is 47.5 Å². The molecule has 1 heterocycles. The Hall–Kier alpha value is -2.68. The zero-order chi connectivity index (χ0) is 21.0. The largest absolute Gasteiger partial charge is 0.370 e. The number of aliphatic imine (C=N–C) groups is 1. The molecule has 3 rings (SSSR count). The van der Waals surface area contributed by atoms with Crippen molar-refractivity contribution < 1.29 is 17.2 Å². The first-order chi connectivity index (χ1) is 13.7. The van der Waals surface area contributed by atoms with Crippen molar-refractivity contribution in [1.82, 2.24) is 4.90 Å². The number of guanidine groups is 1. The number of nitrogens with zero attached hydrogens (tertiary/aromatic N) is 3. The highest BCUT2D eigenvalue weighted by atomic mass is 32.2.